The van der Waals surface area contributed by atoms with E-state index >= 15 is 0 Å². The maximum atomic E-state index is 12.1. The number of ether oxygens (including phenoxy) is 1. The number of carbonyl (C=O) groups excluding carboxylic acids is 2. The lowest BCUT2D eigenvalue weighted by Gasteiger charge is -2.31. The Morgan fingerprint density at radius 2 is 2.04 bits per heavy atom. The fourth-order valence-electron chi connectivity index (χ4n) is 3.06. The molecule has 0 radical (unpaired) electrons. The minimum Gasteiger partial charge on any atom is -0.462 e. The van der Waals surface area contributed by atoms with Gasteiger partial charge in [0.1, 0.15) is 5.69 Å². The number of hydrogen-bond acceptors (Lipinski definition) is 4. The van der Waals surface area contributed by atoms with Crippen LogP contribution in [-0.2, 0) is 10.2 Å². The van der Waals surface area contributed by atoms with E-state index in [-0.39, 0.29) is 17.2 Å². The normalized spacial score (nSPS) is 14.8. The number of rotatable bonds is 2. The summed E-state index contributed by atoms with van der Waals surface area (Å²) in [6.45, 7) is 6.41. The van der Waals surface area contributed by atoms with Gasteiger partial charge < -0.3 is 4.74 Å². The molecule has 3 rings (SSSR count). The number of aromatic nitrogens is 1. The van der Waals surface area contributed by atoms with Gasteiger partial charge in [-0.3, -0.25) is 4.79 Å². The van der Waals surface area contributed by atoms with Crippen molar-refractivity contribution in [2.75, 3.05) is 6.61 Å². The van der Waals surface area contributed by atoms with E-state index in [9.17, 15) is 9.59 Å². The van der Waals surface area contributed by atoms with Crippen molar-refractivity contribution in [2.45, 2.75) is 39.0 Å². The van der Waals surface area contributed by atoms with Gasteiger partial charge in [-0.15, -0.1) is 0 Å². The largest absolute Gasteiger partial charge is 0.462 e. The molecule has 1 heterocycles. The van der Waals surface area contributed by atoms with Crippen LogP contribution in [0.4, 0.5) is 0 Å². The Morgan fingerprint density at radius 1 is 1.23 bits per heavy atom. The molecular weight excluding hydrogens is 326 g/mol. The lowest BCUT2D eigenvalue weighted by atomic mass is 9.72. The zero-order chi connectivity index (χ0) is 18.7. The number of hydrogen-bond donors (Lipinski definition) is 0. The van der Waals surface area contributed by atoms with Gasteiger partial charge in [0, 0.05) is 23.7 Å². The van der Waals surface area contributed by atoms with E-state index < -0.39 is 0 Å². The van der Waals surface area contributed by atoms with Crippen molar-refractivity contribution >= 4 is 11.8 Å². The molecule has 1 aliphatic carbocycles. The first-order valence-electron chi connectivity index (χ1n) is 8.73. The average Bonchev–Trinajstić information content (AvgIpc) is 2.64. The maximum absolute atomic E-state index is 12.1. The Hall–Kier alpha value is -2.93. The Kier molecular flexibility index (Phi) is 4.90. The quantitative estimate of drug-likeness (QED) is 0.610. The Labute approximate surface area is 153 Å². The molecule has 1 aromatic heterocycles. The molecule has 0 saturated carbocycles. The van der Waals surface area contributed by atoms with E-state index in [0.29, 0.717) is 24.3 Å². The predicted molar refractivity (Wildman–Crippen MR) is 99.2 cm³/mol. The molecule has 4 nitrogen and oxygen atoms in total. The first-order valence-corrected chi connectivity index (χ1v) is 8.73. The molecule has 0 saturated heterocycles. The number of Topliss-reactive ketones (excluding diaryl/α,β-unsaturated/α-hetero) is 1. The molecule has 4 heteroatoms. The van der Waals surface area contributed by atoms with Gasteiger partial charge >= 0.3 is 5.97 Å². The molecule has 0 amide bonds. The summed E-state index contributed by atoms with van der Waals surface area (Å²) in [5, 5.41) is 0. The molecule has 2 aromatic rings. The van der Waals surface area contributed by atoms with Crippen LogP contribution >= 0.6 is 0 Å². The number of fused-ring (bicyclic) bond motifs is 1. The van der Waals surface area contributed by atoms with E-state index in [1.54, 1.807) is 19.1 Å². The lowest BCUT2D eigenvalue weighted by molar-refractivity contribution is 0.0525. The zero-order valence-electron chi connectivity index (χ0n) is 15.3. The average molecular weight is 347 g/mol. The first kappa shape index (κ1) is 17.9. The summed E-state index contributed by atoms with van der Waals surface area (Å²) in [6, 6.07) is 9.11. The standard InChI is InChI=1S/C22H21NO3/c1-4-26-21(25)16-7-9-17(23-14-16)8-5-15-6-10-18-19(13-15)22(2,3)12-11-20(18)24/h6-7,9-10,13-14H,4,11-12H2,1-3H3. The monoisotopic (exact) mass is 347 g/mol. The van der Waals surface area contributed by atoms with Crippen LogP contribution in [0.25, 0.3) is 0 Å². The number of carbonyl (C=O) groups is 2. The lowest BCUT2D eigenvalue weighted by Crippen LogP contribution is -2.27. The highest BCUT2D eigenvalue weighted by Gasteiger charge is 2.31. The highest BCUT2D eigenvalue weighted by atomic mass is 16.5. The molecule has 0 aliphatic heterocycles. The van der Waals surface area contributed by atoms with Crippen LogP contribution in [0.2, 0.25) is 0 Å². The SMILES string of the molecule is CCOC(=O)c1ccc(C#Cc2ccc3c(c2)C(C)(C)CCC3=O)nc1. The highest BCUT2D eigenvalue weighted by Crippen LogP contribution is 2.36. The summed E-state index contributed by atoms with van der Waals surface area (Å²) >= 11 is 0. The molecule has 0 fully saturated rings. The molecule has 0 spiro atoms. The Balaban J connectivity index is 1.85. The van der Waals surface area contributed by atoms with Crippen molar-refractivity contribution < 1.29 is 14.3 Å². The maximum Gasteiger partial charge on any atom is 0.339 e. The summed E-state index contributed by atoms with van der Waals surface area (Å²) < 4.78 is 4.94. The van der Waals surface area contributed by atoms with Gasteiger partial charge in [-0.05, 0) is 60.6 Å². The van der Waals surface area contributed by atoms with E-state index in [1.165, 1.54) is 6.20 Å². The number of ketones is 1. The third kappa shape index (κ3) is 3.67. The smallest absolute Gasteiger partial charge is 0.339 e. The van der Waals surface area contributed by atoms with Gasteiger partial charge in [0.15, 0.2) is 5.78 Å². The van der Waals surface area contributed by atoms with Crippen LogP contribution in [0.1, 0.15) is 71.1 Å². The van der Waals surface area contributed by atoms with Crippen molar-refractivity contribution in [1.82, 2.24) is 4.98 Å². The second-order valence-electron chi connectivity index (χ2n) is 6.97. The molecule has 26 heavy (non-hydrogen) atoms. The van der Waals surface area contributed by atoms with Crippen LogP contribution in [-0.4, -0.2) is 23.3 Å². The number of benzene rings is 1. The van der Waals surface area contributed by atoms with Crippen molar-refractivity contribution in [3.63, 3.8) is 0 Å². The third-order valence-corrected chi connectivity index (χ3v) is 4.64. The van der Waals surface area contributed by atoms with E-state index in [2.05, 4.69) is 30.7 Å². The van der Waals surface area contributed by atoms with Gasteiger partial charge in [0.25, 0.3) is 0 Å². The number of esters is 1. The minimum atomic E-state index is -0.388. The zero-order valence-corrected chi connectivity index (χ0v) is 15.3. The van der Waals surface area contributed by atoms with Crippen LogP contribution in [0.15, 0.2) is 36.5 Å². The molecule has 0 N–H and O–H groups in total. The Morgan fingerprint density at radius 3 is 2.73 bits per heavy atom. The first-order chi connectivity index (χ1) is 12.4. The van der Waals surface area contributed by atoms with Crippen molar-refractivity contribution in [3.8, 4) is 11.8 Å². The molecular formula is C22H21NO3. The number of nitrogens with zero attached hydrogens (tertiary/aromatic N) is 1. The van der Waals surface area contributed by atoms with Crippen LogP contribution in [0.5, 0.6) is 0 Å². The summed E-state index contributed by atoms with van der Waals surface area (Å²) in [4.78, 5) is 27.9. The summed E-state index contributed by atoms with van der Waals surface area (Å²) in [5.41, 5.74) is 3.68. The van der Waals surface area contributed by atoms with Crippen LogP contribution in [0.3, 0.4) is 0 Å². The summed E-state index contributed by atoms with van der Waals surface area (Å²) in [5.74, 6) is 5.92. The van der Waals surface area contributed by atoms with E-state index in [1.807, 2.05) is 18.2 Å². The van der Waals surface area contributed by atoms with Gasteiger partial charge in [0.2, 0.25) is 0 Å². The number of pyridine rings is 1. The molecule has 1 aliphatic rings. The molecule has 0 atom stereocenters. The Bertz CT molecular complexity index is 915. The fourth-order valence-corrected chi connectivity index (χ4v) is 3.06. The second kappa shape index (κ2) is 7.13. The predicted octanol–water partition coefficient (Wildman–Crippen LogP) is 3.91. The fraction of sp³-hybridized carbons (Fsp3) is 0.318. The van der Waals surface area contributed by atoms with Crippen LogP contribution < -0.4 is 0 Å². The molecule has 0 unspecified atom stereocenters. The van der Waals surface area contributed by atoms with Crippen LogP contribution in [0, 0.1) is 11.8 Å². The highest BCUT2D eigenvalue weighted by molar-refractivity contribution is 5.99. The summed E-state index contributed by atoms with van der Waals surface area (Å²) in [7, 11) is 0. The van der Waals surface area contributed by atoms with Gasteiger partial charge in [-0.1, -0.05) is 19.8 Å². The van der Waals surface area contributed by atoms with Gasteiger partial charge in [-0.25, -0.2) is 9.78 Å². The minimum absolute atomic E-state index is 0.0273. The van der Waals surface area contributed by atoms with E-state index in [4.69, 9.17) is 4.74 Å². The van der Waals surface area contributed by atoms with Gasteiger partial charge in [0.05, 0.1) is 12.2 Å². The molecule has 132 valence electrons. The molecule has 0 bridgehead atoms. The van der Waals surface area contributed by atoms with Crippen molar-refractivity contribution in [1.29, 1.82) is 0 Å². The molecule has 1 aromatic carbocycles. The summed E-state index contributed by atoms with van der Waals surface area (Å²) in [6.07, 6.45) is 2.92. The van der Waals surface area contributed by atoms with E-state index in [0.717, 1.165) is 23.1 Å². The van der Waals surface area contributed by atoms with Crippen molar-refractivity contribution in [2.24, 2.45) is 0 Å². The third-order valence-electron chi connectivity index (χ3n) is 4.64. The van der Waals surface area contributed by atoms with Gasteiger partial charge in [-0.2, -0.15) is 0 Å². The topological polar surface area (TPSA) is 56.3 Å². The second-order valence-corrected chi connectivity index (χ2v) is 6.97. The van der Waals surface area contributed by atoms with Crippen molar-refractivity contribution in [3.05, 3.63) is 64.5 Å².